The molecule has 0 radical (unpaired) electrons. The van der Waals surface area contributed by atoms with Gasteiger partial charge in [-0.3, -0.25) is 9.69 Å². The molecule has 0 spiro atoms. The van der Waals surface area contributed by atoms with E-state index in [1.54, 1.807) is 0 Å². The van der Waals surface area contributed by atoms with Gasteiger partial charge in [0.2, 0.25) is 0 Å². The molecule has 0 bridgehead atoms. The quantitative estimate of drug-likeness (QED) is 0.844. The molecule has 2 aromatic rings. The largest absolute Gasteiger partial charge is 0.350 e. The second-order valence-corrected chi connectivity index (χ2v) is 7.84. The Morgan fingerprint density at radius 2 is 2.25 bits per heavy atom. The predicted molar refractivity (Wildman–Crippen MR) is 99.9 cm³/mol. The lowest BCUT2D eigenvalue weighted by Gasteiger charge is -2.24. The van der Waals surface area contributed by atoms with Gasteiger partial charge in [0.05, 0.1) is 5.69 Å². The molecule has 1 saturated carbocycles. The molecule has 128 valence electrons. The predicted octanol–water partition coefficient (Wildman–Crippen LogP) is 3.98. The molecule has 1 aromatic carbocycles. The summed E-state index contributed by atoms with van der Waals surface area (Å²) in [7, 11) is 2.13. The van der Waals surface area contributed by atoms with Crippen molar-refractivity contribution in [1.82, 2.24) is 15.2 Å². The van der Waals surface area contributed by atoms with E-state index < -0.39 is 0 Å². The molecular formula is C18H22ClN3OS. The molecule has 1 atom stereocenters. The molecule has 1 amide bonds. The molecule has 1 unspecified atom stereocenters. The van der Waals surface area contributed by atoms with Crippen molar-refractivity contribution in [3.8, 4) is 10.6 Å². The van der Waals surface area contributed by atoms with Crippen molar-refractivity contribution in [2.45, 2.75) is 38.8 Å². The van der Waals surface area contributed by atoms with Gasteiger partial charge in [-0.25, -0.2) is 4.98 Å². The molecule has 0 saturated heterocycles. The molecule has 1 aromatic heterocycles. The first kappa shape index (κ1) is 17.4. The number of amides is 1. The number of thiazole rings is 1. The van der Waals surface area contributed by atoms with E-state index in [0.29, 0.717) is 28.5 Å². The SMILES string of the molecule is Cc1nc(-c2cccc(Cl)c2)sc1C(=O)NCC(C)N(C)C1CC1. The Morgan fingerprint density at radius 1 is 1.50 bits per heavy atom. The third-order valence-corrected chi connectivity index (χ3v) is 5.89. The summed E-state index contributed by atoms with van der Waals surface area (Å²) >= 11 is 7.45. The molecule has 1 heterocycles. The van der Waals surface area contributed by atoms with Crippen LogP contribution < -0.4 is 5.32 Å². The van der Waals surface area contributed by atoms with Crippen LogP contribution in [0.1, 0.15) is 35.1 Å². The van der Waals surface area contributed by atoms with E-state index in [-0.39, 0.29) is 5.91 Å². The molecule has 1 aliphatic carbocycles. The van der Waals surface area contributed by atoms with E-state index in [4.69, 9.17) is 11.6 Å². The molecule has 3 rings (SSSR count). The number of carbonyl (C=O) groups is 1. The Labute approximate surface area is 151 Å². The second-order valence-electron chi connectivity index (χ2n) is 6.40. The van der Waals surface area contributed by atoms with E-state index in [2.05, 4.69) is 29.2 Å². The van der Waals surface area contributed by atoms with Crippen LogP contribution in [0.4, 0.5) is 0 Å². The van der Waals surface area contributed by atoms with Crippen LogP contribution in [0.15, 0.2) is 24.3 Å². The molecule has 1 fully saturated rings. The zero-order valence-corrected chi connectivity index (χ0v) is 15.7. The lowest BCUT2D eigenvalue weighted by atomic mass is 10.2. The molecule has 24 heavy (non-hydrogen) atoms. The number of halogens is 1. The van der Waals surface area contributed by atoms with Crippen LogP contribution in [-0.2, 0) is 0 Å². The summed E-state index contributed by atoms with van der Waals surface area (Å²) in [5.41, 5.74) is 1.70. The molecule has 4 nitrogen and oxygen atoms in total. The maximum Gasteiger partial charge on any atom is 0.263 e. The van der Waals surface area contributed by atoms with Gasteiger partial charge in [0.1, 0.15) is 9.88 Å². The number of aromatic nitrogens is 1. The fourth-order valence-electron chi connectivity index (χ4n) is 2.66. The van der Waals surface area contributed by atoms with Gasteiger partial charge in [0, 0.05) is 29.2 Å². The number of carbonyl (C=O) groups excluding carboxylic acids is 1. The van der Waals surface area contributed by atoms with Crippen molar-refractivity contribution in [1.29, 1.82) is 0 Å². The van der Waals surface area contributed by atoms with E-state index in [9.17, 15) is 4.79 Å². The summed E-state index contributed by atoms with van der Waals surface area (Å²) in [4.78, 5) is 20.1. The zero-order valence-electron chi connectivity index (χ0n) is 14.2. The highest BCUT2D eigenvalue weighted by molar-refractivity contribution is 7.17. The molecule has 6 heteroatoms. The molecule has 1 N–H and O–H groups in total. The number of likely N-dealkylation sites (N-methyl/N-ethyl adjacent to an activating group) is 1. The van der Waals surface area contributed by atoms with Crippen molar-refractivity contribution in [3.63, 3.8) is 0 Å². The average molecular weight is 364 g/mol. The Kier molecular flexibility index (Phi) is 5.23. The van der Waals surface area contributed by atoms with E-state index in [0.717, 1.165) is 16.3 Å². The van der Waals surface area contributed by atoms with Gasteiger partial charge in [-0.15, -0.1) is 11.3 Å². The van der Waals surface area contributed by atoms with Crippen LogP contribution in [0.25, 0.3) is 10.6 Å². The number of hydrogen-bond donors (Lipinski definition) is 1. The van der Waals surface area contributed by atoms with Gasteiger partial charge in [0.15, 0.2) is 0 Å². The van der Waals surface area contributed by atoms with Crippen LogP contribution in [0.2, 0.25) is 5.02 Å². The fraction of sp³-hybridized carbons (Fsp3) is 0.444. The monoisotopic (exact) mass is 363 g/mol. The first-order chi connectivity index (χ1) is 11.5. The number of aryl methyl sites for hydroxylation is 1. The average Bonchev–Trinajstić information content (AvgIpc) is 3.33. The number of nitrogens with zero attached hydrogens (tertiary/aromatic N) is 2. The Morgan fingerprint density at radius 3 is 2.92 bits per heavy atom. The number of rotatable bonds is 6. The third-order valence-electron chi connectivity index (χ3n) is 4.45. The van der Waals surface area contributed by atoms with Crippen LogP contribution >= 0.6 is 22.9 Å². The molecule has 0 aliphatic heterocycles. The van der Waals surface area contributed by atoms with Gasteiger partial charge in [-0.2, -0.15) is 0 Å². The van der Waals surface area contributed by atoms with Crippen molar-refractivity contribution < 1.29 is 4.79 Å². The summed E-state index contributed by atoms with van der Waals surface area (Å²) in [5, 5.41) is 4.54. The first-order valence-corrected chi connectivity index (χ1v) is 9.38. The normalized spacial score (nSPS) is 15.5. The highest BCUT2D eigenvalue weighted by Gasteiger charge is 2.29. The van der Waals surface area contributed by atoms with Gasteiger partial charge in [0.25, 0.3) is 5.91 Å². The minimum atomic E-state index is -0.0469. The summed E-state index contributed by atoms with van der Waals surface area (Å²) in [6, 6.07) is 8.58. The van der Waals surface area contributed by atoms with Crippen LogP contribution in [-0.4, -0.2) is 41.5 Å². The summed E-state index contributed by atoms with van der Waals surface area (Å²) in [5.74, 6) is -0.0469. The second kappa shape index (κ2) is 7.21. The van der Waals surface area contributed by atoms with Gasteiger partial charge in [-0.1, -0.05) is 23.7 Å². The lowest BCUT2D eigenvalue weighted by Crippen LogP contribution is -2.41. The van der Waals surface area contributed by atoms with Crippen molar-refractivity contribution >= 4 is 28.8 Å². The van der Waals surface area contributed by atoms with E-state index in [1.165, 1.54) is 24.2 Å². The Bertz CT molecular complexity index is 742. The van der Waals surface area contributed by atoms with Gasteiger partial charge < -0.3 is 5.32 Å². The minimum absolute atomic E-state index is 0.0469. The lowest BCUT2D eigenvalue weighted by molar-refractivity contribution is 0.0943. The first-order valence-electron chi connectivity index (χ1n) is 8.19. The Balaban J connectivity index is 1.66. The standard InChI is InChI=1S/C18H22ClN3OS/c1-11(22(3)15-7-8-15)10-20-17(23)16-12(2)21-18(24-16)13-5-4-6-14(19)9-13/h4-6,9,11,15H,7-8,10H2,1-3H3,(H,20,23). The van der Waals surface area contributed by atoms with Gasteiger partial charge >= 0.3 is 0 Å². The number of nitrogens with one attached hydrogen (secondary N) is 1. The third kappa shape index (κ3) is 3.97. The fourth-order valence-corrected chi connectivity index (χ4v) is 3.83. The van der Waals surface area contributed by atoms with Crippen molar-refractivity contribution in [3.05, 3.63) is 39.9 Å². The van der Waals surface area contributed by atoms with E-state index >= 15 is 0 Å². The maximum absolute atomic E-state index is 12.5. The number of benzene rings is 1. The molecule has 1 aliphatic rings. The van der Waals surface area contributed by atoms with Crippen molar-refractivity contribution in [2.75, 3.05) is 13.6 Å². The highest BCUT2D eigenvalue weighted by atomic mass is 35.5. The Hall–Kier alpha value is -1.43. The van der Waals surface area contributed by atoms with Crippen molar-refractivity contribution in [2.24, 2.45) is 0 Å². The minimum Gasteiger partial charge on any atom is -0.350 e. The number of hydrogen-bond acceptors (Lipinski definition) is 4. The van der Waals surface area contributed by atoms with E-state index in [1.807, 2.05) is 31.2 Å². The highest BCUT2D eigenvalue weighted by Crippen LogP contribution is 2.30. The van der Waals surface area contributed by atoms with Crippen LogP contribution in [0, 0.1) is 6.92 Å². The summed E-state index contributed by atoms with van der Waals surface area (Å²) < 4.78 is 0. The maximum atomic E-state index is 12.5. The van der Waals surface area contributed by atoms with Crippen LogP contribution in [0.5, 0.6) is 0 Å². The summed E-state index contributed by atoms with van der Waals surface area (Å²) in [6.07, 6.45) is 2.54. The smallest absolute Gasteiger partial charge is 0.263 e. The molecular weight excluding hydrogens is 342 g/mol. The summed E-state index contributed by atoms with van der Waals surface area (Å²) in [6.45, 7) is 4.67. The zero-order chi connectivity index (χ0) is 17.3. The van der Waals surface area contributed by atoms with Crippen LogP contribution in [0.3, 0.4) is 0 Å². The topological polar surface area (TPSA) is 45.2 Å². The van der Waals surface area contributed by atoms with Gasteiger partial charge in [-0.05, 0) is 45.9 Å².